The molecule has 2 aliphatic heterocycles. The Morgan fingerprint density at radius 2 is 0.967 bits per heavy atom. The van der Waals surface area contributed by atoms with E-state index in [1.807, 2.05) is 9.80 Å². The minimum Gasteiger partial charge on any atom is -0.327 e. The number of hydrogen-bond acceptors (Lipinski definition) is 3. The summed E-state index contributed by atoms with van der Waals surface area (Å²) >= 11 is 0. The van der Waals surface area contributed by atoms with Gasteiger partial charge in [0.25, 0.3) is 11.8 Å². The highest BCUT2D eigenvalue weighted by atomic mass is 16.2. The first-order valence-electron chi connectivity index (χ1n) is 11.4. The number of piperidine rings is 2. The van der Waals surface area contributed by atoms with E-state index in [-0.39, 0.29) is 34.0 Å². The molecule has 2 aliphatic rings. The molecule has 3 rings (SSSR count). The molecule has 3 heterocycles. The van der Waals surface area contributed by atoms with Gasteiger partial charge >= 0.3 is 0 Å². The SMILES string of the molecule is CC1(C)CCCC(C)(C)N1C(=O)c1cccc(C(=O)N2C(C)(C)CCCC2(C)C)n1. The van der Waals surface area contributed by atoms with Crippen LogP contribution in [0.3, 0.4) is 0 Å². The topological polar surface area (TPSA) is 53.5 Å². The first kappa shape index (κ1) is 22.8. The third-order valence-electron chi connectivity index (χ3n) is 7.17. The number of pyridine rings is 1. The number of carbonyl (C=O) groups excluding carboxylic acids is 2. The lowest BCUT2D eigenvalue weighted by molar-refractivity contribution is -0.0119. The number of aromatic nitrogens is 1. The second-order valence-electron chi connectivity index (χ2n) is 11.6. The van der Waals surface area contributed by atoms with Crippen molar-refractivity contribution in [2.75, 3.05) is 0 Å². The maximum Gasteiger partial charge on any atom is 0.273 e. The third kappa shape index (κ3) is 4.00. The first-order chi connectivity index (χ1) is 13.7. The van der Waals surface area contributed by atoms with Crippen LogP contribution < -0.4 is 0 Å². The Balaban J connectivity index is 1.96. The molecule has 0 spiro atoms. The summed E-state index contributed by atoms with van der Waals surface area (Å²) < 4.78 is 0. The Kier molecular flexibility index (Phi) is 5.58. The molecule has 0 saturated carbocycles. The minimum absolute atomic E-state index is 0.0866. The maximum absolute atomic E-state index is 13.6. The van der Waals surface area contributed by atoms with Gasteiger partial charge in [-0.2, -0.15) is 0 Å². The van der Waals surface area contributed by atoms with Crippen molar-refractivity contribution in [1.82, 2.24) is 14.8 Å². The molecule has 5 heteroatoms. The Bertz CT molecular complexity index is 741. The minimum atomic E-state index is -0.239. The number of likely N-dealkylation sites (tertiary alicyclic amines) is 2. The standard InChI is InChI=1S/C25H39N3O2/c1-22(2)14-10-15-23(3,4)27(22)20(29)18-12-9-13-19(26-18)21(30)28-24(5,6)16-11-17-25(28,7)8/h9,12-13H,10-11,14-17H2,1-8H3. The highest BCUT2D eigenvalue weighted by Gasteiger charge is 2.46. The van der Waals surface area contributed by atoms with Crippen molar-refractivity contribution in [1.29, 1.82) is 0 Å². The fourth-order valence-electron chi connectivity index (χ4n) is 5.99. The molecule has 0 atom stereocenters. The molecule has 2 saturated heterocycles. The predicted molar refractivity (Wildman–Crippen MR) is 121 cm³/mol. The molecular weight excluding hydrogens is 374 g/mol. The second-order valence-corrected chi connectivity index (χ2v) is 11.6. The molecule has 0 aromatic carbocycles. The van der Waals surface area contributed by atoms with Gasteiger partial charge in [-0.05, 0) is 106 Å². The molecule has 0 radical (unpaired) electrons. The van der Waals surface area contributed by atoms with Crippen molar-refractivity contribution in [3.63, 3.8) is 0 Å². The Morgan fingerprint density at radius 1 is 0.667 bits per heavy atom. The Labute approximate surface area is 182 Å². The van der Waals surface area contributed by atoms with E-state index in [1.165, 1.54) is 0 Å². The summed E-state index contributed by atoms with van der Waals surface area (Å²) in [6.45, 7) is 17.0. The van der Waals surface area contributed by atoms with Crippen LogP contribution in [0.2, 0.25) is 0 Å². The van der Waals surface area contributed by atoms with E-state index in [1.54, 1.807) is 18.2 Å². The summed E-state index contributed by atoms with van der Waals surface area (Å²) in [5.74, 6) is -0.173. The van der Waals surface area contributed by atoms with Gasteiger partial charge in [0.05, 0.1) is 0 Å². The smallest absolute Gasteiger partial charge is 0.273 e. The van der Waals surface area contributed by atoms with Crippen molar-refractivity contribution in [2.45, 2.75) is 116 Å². The summed E-state index contributed by atoms with van der Waals surface area (Å²) in [6.07, 6.45) is 6.09. The molecule has 30 heavy (non-hydrogen) atoms. The van der Waals surface area contributed by atoms with Crippen molar-refractivity contribution in [3.8, 4) is 0 Å². The van der Waals surface area contributed by atoms with Gasteiger partial charge in [-0.15, -0.1) is 0 Å². The van der Waals surface area contributed by atoms with Gasteiger partial charge in [0, 0.05) is 22.2 Å². The molecule has 0 aliphatic carbocycles. The zero-order valence-electron chi connectivity index (χ0n) is 20.1. The molecule has 0 unspecified atom stereocenters. The number of amides is 2. The van der Waals surface area contributed by atoms with Crippen LogP contribution in [0.5, 0.6) is 0 Å². The molecule has 1 aromatic rings. The number of rotatable bonds is 2. The molecule has 0 bridgehead atoms. The molecular formula is C25H39N3O2. The molecule has 0 N–H and O–H groups in total. The molecule has 1 aromatic heterocycles. The average molecular weight is 414 g/mol. The van der Waals surface area contributed by atoms with Crippen LogP contribution in [0.1, 0.15) is 115 Å². The quantitative estimate of drug-likeness (QED) is 0.648. The van der Waals surface area contributed by atoms with Gasteiger partial charge in [0.2, 0.25) is 0 Å². The van der Waals surface area contributed by atoms with E-state index in [0.29, 0.717) is 11.4 Å². The zero-order chi connectivity index (χ0) is 22.5. The van der Waals surface area contributed by atoms with Gasteiger partial charge in [-0.25, -0.2) is 4.98 Å². The third-order valence-corrected chi connectivity index (χ3v) is 7.17. The summed E-state index contributed by atoms with van der Waals surface area (Å²) in [4.78, 5) is 35.7. The van der Waals surface area contributed by atoms with Crippen molar-refractivity contribution in [2.24, 2.45) is 0 Å². The van der Waals surface area contributed by atoms with E-state index in [4.69, 9.17) is 0 Å². The Morgan fingerprint density at radius 3 is 1.27 bits per heavy atom. The van der Waals surface area contributed by atoms with E-state index < -0.39 is 0 Å². The van der Waals surface area contributed by atoms with Gasteiger partial charge in [0.1, 0.15) is 11.4 Å². The van der Waals surface area contributed by atoms with Crippen LogP contribution in [-0.4, -0.2) is 48.8 Å². The second kappa shape index (κ2) is 7.35. The van der Waals surface area contributed by atoms with E-state index >= 15 is 0 Å². The largest absolute Gasteiger partial charge is 0.327 e. The fraction of sp³-hybridized carbons (Fsp3) is 0.720. The van der Waals surface area contributed by atoms with Crippen molar-refractivity contribution < 1.29 is 9.59 Å². The van der Waals surface area contributed by atoms with Crippen molar-refractivity contribution >= 4 is 11.8 Å². The van der Waals surface area contributed by atoms with Gasteiger partial charge in [0.15, 0.2) is 0 Å². The maximum atomic E-state index is 13.6. The molecule has 2 fully saturated rings. The van der Waals surface area contributed by atoms with Crippen LogP contribution >= 0.6 is 0 Å². The zero-order valence-corrected chi connectivity index (χ0v) is 20.1. The van der Waals surface area contributed by atoms with Crippen LogP contribution in [0, 0.1) is 0 Å². The molecule has 2 amide bonds. The normalized spacial score (nSPS) is 24.4. The predicted octanol–water partition coefficient (Wildman–Crippen LogP) is 5.45. The van der Waals surface area contributed by atoms with Crippen LogP contribution in [0.15, 0.2) is 18.2 Å². The lowest BCUT2D eigenvalue weighted by atomic mass is 9.79. The Hall–Kier alpha value is -1.91. The highest BCUT2D eigenvalue weighted by molar-refractivity contribution is 5.97. The number of hydrogen-bond donors (Lipinski definition) is 0. The fourth-order valence-corrected chi connectivity index (χ4v) is 5.99. The van der Waals surface area contributed by atoms with E-state index in [0.717, 1.165) is 38.5 Å². The molecule has 5 nitrogen and oxygen atoms in total. The van der Waals surface area contributed by atoms with E-state index in [9.17, 15) is 9.59 Å². The van der Waals surface area contributed by atoms with Crippen molar-refractivity contribution in [3.05, 3.63) is 29.6 Å². The number of carbonyl (C=O) groups is 2. The van der Waals surface area contributed by atoms with Crippen LogP contribution in [0.4, 0.5) is 0 Å². The summed E-state index contributed by atoms with van der Waals surface area (Å²) in [5.41, 5.74) is -0.239. The summed E-state index contributed by atoms with van der Waals surface area (Å²) in [5, 5.41) is 0. The van der Waals surface area contributed by atoms with Crippen LogP contribution in [-0.2, 0) is 0 Å². The lowest BCUT2D eigenvalue weighted by Gasteiger charge is -2.53. The highest BCUT2D eigenvalue weighted by Crippen LogP contribution is 2.40. The lowest BCUT2D eigenvalue weighted by Crippen LogP contribution is -2.61. The number of nitrogens with zero attached hydrogens (tertiary/aromatic N) is 3. The van der Waals surface area contributed by atoms with Gasteiger partial charge in [-0.1, -0.05) is 6.07 Å². The summed E-state index contributed by atoms with van der Waals surface area (Å²) in [7, 11) is 0. The van der Waals surface area contributed by atoms with Crippen LogP contribution in [0.25, 0.3) is 0 Å². The average Bonchev–Trinajstić information content (AvgIpc) is 2.58. The molecule has 166 valence electrons. The van der Waals surface area contributed by atoms with Gasteiger partial charge < -0.3 is 9.80 Å². The van der Waals surface area contributed by atoms with Gasteiger partial charge in [-0.3, -0.25) is 9.59 Å². The summed E-state index contributed by atoms with van der Waals surface area (Å²) in [6, 6.07) is 5.28. The monoisotopic (exact) mass is 413 g/mol. The van der Waals surface area contributed by atoms with E-state index in [2.05, 4.69) is 60.4 Å². The first-order valence-corrected chi connectivity index (χ1v) is 11.4.